The van der Waals surface area contributed by atoms with Crippen molar-refractivity contribution in [3.63, 3.8) is 0 Å². The fraction of sp³-hybridized carbons (Fsp3) is 0.222. The Bertz CT molecular complexity index is 612. The van der Waals surface area contributed by atoms with Gasteiger partial charge in [0.15, 0.2) is 9.84 Å². The van der Waals surface area contributed by atoms with Gasteiger partial charge in [-0.1, -0.05) is 0 Å². The molecule has 0 radical (unpaired) electrons. The number of imidazole rings is 1. The van der Waals surface area contributed by atoms with E-state index in [4.69, 9.17) is 0 Å². The van der Waals surface area contributed by atoms with Gasteiger partial charge in [-0.05, 0) is 22.0 Å². The molecule has 7 heteroatoms. The Morgan fingerprint density at radius 1 is 1.50 bits per heavy atom. The summed E-state index contributed by atoms with van der Waals surface area (Å²) in [7, 11) is -3.14. The number of H-pyrrole nitrogens is 1. The van der Waals surface area contributed by atoms with Gasteiger partial charge in [0.2, 0.25) is 0 Å². The molecule has 0 aliphatic rings. The van der Waals surface area contributed by atoms with Crippen molar-refractivity contribution in [2.75, 3.05) is 6.26 Å². The van der Waals surface area contributed by atoms with Gasteiger partial charge >= 0.3 is 0 Å². The molecule has 0 aliphatic carbocycles. The largest absolute Gasteiger partial charge is 0.341 e. The van der Waals surface area contributed by atoms with Gasteiger partial charge in [0.25, 0.3) is 0 Å². The van der Waals surface area contributed by atoms with Gasteiger partial charge < -0.3 is 4.98 Å². The third-order valence-corrected chi connectivity index (χ3v) is 3.38. The minimum absolute atomic E-state index is 0.180. The molecule has 1 aromatic heterocycles. The molecule has 1 aromatic carbocycles. The lowest BCUT2D eigenvalue weighted by Crippen LogP contribution is -2.01. The Kier molecular flexibility index (Phi) is 2.75. The molecule has 4 nitrogen and oxygen atoms in total. The van der Waals surface area contributed by atoms with Gasteiger partial charge in [0.05, 0.1) is 15.5 Å². The number of hydrogen-bond acceptors (Lipinski definition) is 3. The molecule has 0 fully saturated rings. The van der Waals surface area contributed by atoms with Crippen LogP contribution in [0.5, 0.6) is 0 Å². The fourth-order valence-corrected chi connectivity index (χ4v) is 2.34. The summed E-state index contributed by atoms with van der Waals surface area (Å²) in [5.41, 5.74) is 1.02. The maximum Gasteiger partial charge on any atom is 0.154 e. The molecule has 2 rings (SSSR count). The number of sulfone groups is 1. The summed E-state index contributed by atoms with van der Waals surface area (Å²) in [6.45, 7) is 0. The number of aromatic amines is 1. The van der Waals surface area contributed by atoms with Crippen LogP contribution >= 0.6 is 15.9 Å². The van der Waals surface area contributed by atoms with Gasteiger partial charge in [-0.25, -0.2) is 17.8 Å². The van der Waals surface area contributed by atoms with E-state index >= 15 is 0 Å². The Morgan fingerprint density at radius 3 is 2.81 bits per heavy atom. The Balaban J connectivity index is 2.52. The molecule has 16 heavy (non-hydrogen) atoms. The minimum atomic E-state index is -3.14. The summed E-state index contributed by atoms with van der Waals surface area (Å²) in [6, 6.07) is 2.78. The first-order valence-corrected chi connectivity index (χ1v) is 7.22. The van der Waals surface area contributed by atoms with E-state index in [1.54, 1.807) is 0 Å². The summed E-state index contributed by atoms with van der Waals surface area (Å²) in [5, 5.41) is 0. The summed E-state index contributed by atoms with van der Waals surface area (Å²) >= 11 is 3.04. The van der Waals surface area contributed by atoms with E-state index in [-0.39, 0.29) is 5.75 Å². The van der Waals surface area contributed by atoms with Crippen molar-refractivity contribution in [2.45, 2.75) is 5.75 Å². The molecule has 0 saturated heterocycles. The lowest BCUT2D eigenvalue weighted by molar-refractivity contribution is 0.600. The van der Waals surface area contributed by atoms with Crippen LogP contribution in [0.25, 0.3) is 11.0 Å². The quantitative estimate of drug-likeness (QED) is 0.923. The van der Waals surface area contributed by atoms with Crippen LogP contribution in [0.4, 0.5) is 4.39 Å². The molecule has 0 atom stereocenters. The van der Waals surface area contributed by atoms with Gasteiger partial charge in [-0.2, -0.15) is 0 Å². The summed E-state index contributed by atoms with van der Waals surface area (Å²) in [4.78, 5) is 6.84. The molecule has 0 unspecified atom stereocenters. The second-order valence-corrected chi connectivity index (χ2v) is 6.53. The Hall–Kier alpha value is -0.950. The fourth-order valence-electron chi connectivity index (χ4n) is 1.37. The first-order valence-electron chi connectivity index (χ1n) is 4.36. The number of aromatic nitrogens is 2. The van der Waals surface area contributed by atoms with E-state index in [0.29, 0.717) is 21.3 Å². The summed E-state index contributed by atoms with van der Waals surface area (Å²) < 4.78 is 35.6. The molecule has 1 N–H and O–H groups in total. The second kappa shape index (κ2) is 3.81. The highest BCUT2D eigenvalue weighted by molar-refractivity contribution is 9.10. The van der Waals surface area contributed by atoms with Crippen LogP contribution in [-0.2, 0) is 15.6 Å². The monoisotopic (exact) mass is 306 g/mol. The van der Waals surface area contributed by atoms with Crippen molar-refractivity contribution in [3.8, 4) is 0 Å². The van der Waals surface area contributed by atoms with E-state index in [2.05, 4.69) is 25.9 Å². The van der Waals surface area contributed by atoms with Crippen LogP contribution in [0.1, 0.15) is 5.82 Å². The number of fused-ring (bicyclic) bond motifs is 1. The molecule has 2 aromatic rings. The van der Waals surface area contributed by atoms with Gasteiger partial charge in [0.1, 0.15) is 17.4 Å². The van der Waals surface area contributed by atoms with E-state index in [1.807, 2.05) is 0 Å². The molecule has 0 aliphatic heterocycles. The molecule has 86 valence electrons. The van der Waals surface area contributed by atoms with Crippen LogP contribution in [0.3, 0.4) is 0 Å². The van der Waals surface area contributed by atoms with Crippen LogP contribution in [-0.4, -0.2) is 24.6 Å². The molecule has 1 heterocycles. The standard InChI is InChI=1S/C9H8BrFN2O2S/c1-16(14,15)4-9-12-7-2-5(10)6(11)3-8(7)13-9/h2-3H,4H2,1H3,(H,12,13). The molecule has 0 saturated carbocycles. The maximum absolute atomic E-state index is 13.2. The Morgan fingerprint density at radius 2 is 2.19 bits per heavy atom. The van der Waals surface area contributed by atoms with E-state index in [0.717, 1.165) is 6.26 Å². The lowest BCUT2D eigenvalue weighted by Gasteiger charge is -1.92. The van der Waals surface area contributed by atoms with Crippen LogP contribution in [0.15, 0.2) is 16.6 Å². The lowest BCUT2D eigenvalue weighted by atomic mass is 10.3. The zero-order valence-electron chi connectivity index (χ0n) is 8.29. The zero-order valence-corrected chi connectivity index (χ0v) is 10.7. The molecular formula is C9H8BrFN2O2S. The van der Waals surface area contributed by atoms with E-state index in [9.17, 15) is 12.8 Å². The zero-order chi connectivity index (χ0) is 11.9. The van der Waals surface area contributed by atoms with Crippen LogP contribution < -0.4 is 0 Å². The summed E-state index contributed by atoms with van der Waals surface area (Å²) in [5.74, 6) is -0.280. The number of rotatable bonds is 2. The molecule has 0 bridgehead atoms. The van der Waals surface area contributed by atoms with Crippen LogP contribution in [0.2, 0.25) is 0 Å². The smallest absolute Gasteiger partial charge is 0.154 e. The third kappa shape index (κ3) is 2.41. The highest BCUT2D eigenvalue weighted by atomic mass is 79.9. The highest BCUT2D eigenvalue weighted by Crippen LogP contribution is 2.22. The first kappa shape index (κ1) is 11.5. The number of halogens is 2. The van der Waals surface area contributed by atoms with Gasteiger partial charge in [0, 0.05) is 12.3 Å². The van der Waals surface area contributed by atoms with E-state index < -0.39 is 15.7 Å². The molecular weight excluding hydrogens is 299 g/mol. The van der Waals surface area contributed by atoms with Crippen molar-refractivity contribution in [1.82, 2.24) is 9.97 Å². The predicted octanol–water partition coefficient (Wildman–Crippen LogP) is 2.01. The Labute approximate surface area is 99.9 Å². The summed E-state index contributed by atoms with van der Waals surface area (Å²) in [6.07, 6.45) is 1.12. The average Bonchev–Trinajstić information content (AvgIpc) is 2.44. The SMILES string of the molecule is CS(=O)(=O)Cc1nc2cc(Br)c(F)cc2[nH]1. The predicted molar refractivity (Wildman–Crippen MR) is 62.3 cm³/mol. The van der Waals surface area contributed by atoms with Crippen molar-refractivity contribution < 1.29 is 12.8 Å². The molecule has 0 amide bonds. The highest BCUT2D eigenvalue weighted by Gasteiger charge is 2.11. The number of benzene rings is 1. The number of hydrogen-bond donors (Lipinski definition) is 1. The van der Waals surface area contributed by atoms with E-state index in [1.165, 1.54) is 12.1 Å². The maximum atomic E-state index is 13.2. The number of nitrogens with one attached hydrogen (secondary N) is 1. The van der Waals surface area contributed by atoms with Crippen molar-refractivity contribution >= 4 is 36.8 Å². The van der Waals surface area contributed by atoms with Gasteiger partial charge in [-0.15, -0.1) is 0 Å². The topological polar surface area (TPSA) is 62.8 Å². The van der Waals surface area contributed by atoms with Crippen molar-refractivity contribution in [1.29, 1.82) is 0 Å². The normalized spacial score (nSPS) is 12.2. The van der Waals surface area contributed by atoms with Crippen molar-refractivity contribution in [3.05, 3.63) is 28.2 Å². The third-order valence-electron chi connectivity index (χ3n) is 1.97. The average molecular weight is 307 g/mol. The van der Waals surface area contributed by atoms with Gasteiger partial charge in [-0.3, -0.25) is 0 Å². The minimum Gasteiger partial charge on any atom is -0.341 e. The first-order chi connectivity index (χ1) is 7.35. The van der Waals surface area contributed by atoms with Crippen molar-refractivity contribution in [2.24, 2.45) is 0 Å². The second-order valence-electron chi connectivity index (χ2n) is 3.54. The molecule has 0 spiro atoms. The van der Waals surface area contributed by atoms with Crippen LogP contribution in [0, 0.1) is 5.82 Å². The number of nitrogens with zero attached hydrogens (tertiary/aromatic N) is 1.